The first kappa shape index (κ1) is 25.8. The fraction of sp³-hybridized carbons (Fsp3) is 0.967. The van der Waals surface area contributed by atoms with E-state index in [9.17, 15) is 18.0 Å². The van der Waals surface area contributed by atoms with Crippen LogP contribution < -0.4 is 0 Å². The second kappa shape index (κ2) is 8.35. The molecule has 2 spiro atoms. The number of halogens is 3. The molecule has 3 unspecified atom stereocenters. The minimum absolute atomic E-state index is 0.00926. The third kappa shape index (κ3) is 3.64. The van der Waals surface area contributed by atoms with E-state index in [-0.39, 0.29) is 30.3 Å². The Hall–Kier alpha value is -0.900. The van der Waals surface area contributed by atoms with Gasteiger partial charge in [0.25, 0.3) is 0 Å². The van der Waals surface area contributed by atoms with Crippen LogP contribution in [0.2, 0.25) is 0 Å². The summed E-state index contributed by atoms with van der Waals surface area (Å²) in [6.07, 6.45) is 9.44. The molecule has 2 saturated heterocycles. The molecule has 0 amide bonds. The van der Waals surface area contributed by atoms with Gasteiger partial charge in [-0.2, -0.15) is 0 Å². The van der Waals surface area contributed by atoms with E-state index in [4.69, 9.17) is 23.7 Å². The van der Waals surface area contributed by atoms with E-state index in [0.717, 1.165) is 38.0 Å². The zero-order chi connectivity index (χ0) is 26.8. The van der Waals surface area contributed by atoms with E-state index in [1.807, 2.05) is 0 Å². The Bertz CT molecular complexity index is 956. The Morgan fingerprint density at radius 2 is 1.26 bits per heavy atom. The third-order valence-corrected chi connectivity index (χ3v) is 12.4. The molecule has 8 bridgehead atoms. The highest BCUT2D eigenvalue weighted by Crippen LogP contribution is 2.66. The molecule has 9 heteroatoms. The largest absolute Gasteiger partial charge is 0.465 e. The van der Waals surface area contributed by atoms with Gasteiger partial charge in [0.1, 0.15) is 6.61 Å². The monoisotopic (exact) mass is 554 g/mol. The summed E-state index contributed by atoms with van der Waals surface area (Å²) in [6.45, 7) is 0.549. The van der Waals surface area contributed by atoms with Crippen LogP contribution in [0.1, 0.15) is 71.1 Å². The highest BCUT2D eigenvalue weighted by Gasteiger charge is 2.69. The van der Waals surface area contributed by atoms with Gasteiger partial charge in [-0.3, -0.25) is 4.79 Å². The number of esters is 1. The highest BCUT2D eigenvalue weighted by atomic mass is 19.3. The number of hydrogen-bond acceptors (Lipinski definition) is 6. The maximum atomic E-state index is 14.7. The maximum Gasteiger partial charge on any atom is 0.312 e. The summed E-state index contributed by atoms with van der Waals surface area (Å²) in [7, 11) is 0. The third-order valence-electron chi connectivity index (χ3n) is 12.4. The topological polar surface area (TPSA) is 63.2 Å². The average Bonchev–Trinajstić information content (AvgIpc) is 2.98. The van der Waals surface area contributed by atoms with Gasteiger partial charge in [-0.05, 0) is 88.9 Å². The predicted molar refractivity (Wildman–Crippen MR) is 131 cm³/mol. The van der Waals surface area contributed by atoms with Crippen LogP contribution >= 0.6 is 0 Å². The van der Waals surface area contributed by atoms with Crippen molar-refractivity contribution in [2.45, 2.75) is 94.3 Å². The fourth-order valence-electron chi connectivity index (χ4n) is 10.7. The summed E-state index contributed by atoms with van der Waals surface area (Å²) in [5, 5.41) is 0. The second-order valence-electron chi connectivity index (χ2n) is 14.9. The molecule has 10 rings (SSSR count). The van der Waals surface area contributed by atoms with Gasteiger partial charge < -0.3 is 23.7 Å². The predicted octanol–water partition coefficient (Wildman–Crippen LogP) is 5.28. The molecule has 8 aliphatic carbocycles. The first-order valence-corrected chi connectivity index (χ1v) is 15.3. The van der Waals surface area contributed by atoms with Crippen LogP contribution in [0.5, 0.6) is 0 Å². The Kier molecular flexibility index (Phi) is 5.52. The van der Waals surface area contributed by atoms with E-state index in [1.54, 1.807) is 0 Å². The minimum atomic E-state index is -3.62. The Morgan fingerprint density at radius 1 is 0.718 bits per heavy atom. The molecule has 10 fully saturated rings. The molecule has 0 N–H and O–H groups in total. The molecule has 10 aliphatic rings. The standard InChI is InChI=1S/C30H41F3O6/c1-26(31)15-38-30(39-16-28(26,32)33)23-7-19-8-24(30)11-27(9-19,10-23)25(34)35-12-20-13-36-29(37-14-20)21-3-17-2-18(5-21)6-22(29)4-17/h17-24H,2-16H2,1H3. The summed E-state index contributed by atoms with van der Waals surface area (Å²) in [6, 6.07) is 0. The minimum Gasteiger partial charge on any atom is -0.465 e. The van der Waals surface area contributed by atoms with Gasteiger partial charge in [0.15, 0.2) is 17.2 Å². The van der Waals surface area contributed by atoms with Crippen molar-refractivity contribution in [3.05, 3.63) is 0 Å². The smallest absolute Gasteiger partial charge is 0.312 e. The lowest BCUT2D eigenvalue weighted by Gasteiger charge is -2.62. The molecule has 2 heterocycles. The molecule has 39 heavy (non-hydrogen) atoms. The summed E-state index contributed by atoms with van der Waals surface area (Å²) in [4.78, 5) is 13.6. The number of carbonyl (C=O) groups excluding carboxylic acids is 1. The average molecular weight is 555 g/mol. The van der Waals surface area contributed by atoms with Gasteiger partial charge in [-0.25, -0.2) is 13.2 Å². The number of carbonyl (C=O) groups is 1. The van der Waals surface area contributed by atoms with E-state index in [0.29, 0.717) is 43.8 Å². The lowest BCUT2D eigenvalue weighted by atomic mass is 9.47. The first-order valence-electron chi connectivity index (χ1n) is 15.3. The van der Waals surface area contributed by atoms with Crippen molar-refractivity contribution in [3.8, 4) is 0 Å². The van der Waals surface area contributed by atoms with Gasteiger partial charge in [-0.1, -0.05) is 0 Å². The van der Waals surface area contributed by atoms with E-state index in [1.165, 1.54) is 32.1 Å². The quantitative estimate of drug-likeness (QED) is 0.443. The molecule has 0 aromatic carbocycles. The lowest BCUT2D eigenvalue weighted by molar-refractivity contribution is -0.369. The molecule has 0 aromatic rings. The van der Waals surface area contributed by atoms with Crippen LogP contribution in [-0.4, -0.2) is 62.2 Å². The molecule has 218 valence electrons. The first-order chi connectivity index (χ1) is 18.5. The van der Waals surface area contributed by atoms with Crippen molar-refractivity contribution in [2.24, 2.45) is 52.8 Å². The van der Waals surface area contributed by atoms with E-state index >= 15 is 0 Å². The van der Waals surface area contributed by atoms with Crippen molar-refractivity contribution in [2.75, 3.05) is 33.0 Å². The van der Waals surface area contributed by atoms with Crippen LogP contribution in [0.25, 0.3) is 0 Å². The lowest BCUT2D eigenvalue weighted by Crippen LogP contribution is -2.65. The van der Waals surface area contributed by atoms with Gasteiger partial charge in [0.2, 0.25) is 0 Å². The Morgan fingerprint density at radius 3 is 1.87 bits per heavy atom. The number of alkyl halides is 3. The summed E-state index contributed by atoms with van der Waals surface area (Å²) < 4.78 is 74.4. The Balaban J connectivity index is 0.912. The van der Waals surface area contributed by atoms with E-state index in [2.05, 4.69) is 0 Å². The highest BCUT2D eigenvalue weighted by molar-refractivity contribution is 5.77. The van der Waals surface area contributed by atoms with Crippen LogP contribution in [-0.2, 0) is 28.5 Å². The van der Waals surface area contributed by atoms with E-state index < -0.39 is 41.8 Å². The van der Waals surface area contributed by atoms with Crippen molar-refractivity contribution in [1.29, 1.82) is 0 Å². The molecule has 6 nitrogen and oxygen atoms in total. The molecular formula is C30H41F3O6. The molecule has 0 radical (unpaired) electrons. The van der Waals surface area contributed by atoms with Gasteiger partial charge in [0.05, 0.1) is 31.8 Å². The molecular weight excluding hydrogens is 513 g/mol. The summed E-state index contributed by atoms with van der Waals surface area (Å²) in [5.74, 6) is -2.95. The zero-order valence-corrected chi connectivity index (χ0v) is 22.8. The molecule has 0 aromatic heterocycles. The van der Waals surface area contributed by atoms with Crippen LogP contribution in [0, 0.1) is 52.8 Å². The Labute approximate surface area is 228 Å². The van der Waals surface area contributed by atoms with Crippen molar-refractivity contribution in [3.63, 3.8) is 0 Å². The molecule has 2 aliphatic heterocycles. The van der Waals surface area contributed by atoms with Crippen LogP contribution in [0.4, 0.5) is 13.2 Å². The van der Waals surface area contributed by atoms with Gasteiger partial charge in [-0.15, -0.1) is 0 Å². The SMILES string of the molecule is CC1(F)COC2(OCC1(F)F)C1CC3CC2CC(C(=O)OCC2COC4(OC2)C2CC5CC(C2)CC4C5)(C3)C1. The van der Waals surface area contributed by atoms with Crippen molar-refractivity contribution < 1.29 is 41.7 Å². The number of ether oxygens (including phenoxy) is 5. The second-order valence-corrected chi connectivity index (χ2v) is 14.9. The fourth-order valence-corrected chi connectivity index (χ4v) is 10.7. The molecule has 3 atom stereocenters. The number of hydrogen-bond donors (Lipinski definition) is 0. The number of rotatable bonds is 3. The van der Waals surface area contributed by atoms with Crippen LogP contribution in [0.3, 0.4) is 0 Å². The normalized spacial score (nSPS) is 56.7. The van der Waals surface area contributed by atoms with Gasteiger partial charge >= 0.3 is 11.9 Å². The summed E-state index contributed by atoms with van der Waals surface area (Å²) >= 11 is 0. The maximum absolute atomic E-state index is 14.7. The van der Waals surface area contributed by atoms with Crippen LogP contribution in [0.15, 0.2) is 0 Å². The zero-order valence-electron chi connectivity index (χ0n) is 22.8. The van der Waals surface area contributed by atoms with Crippen molar-refractivity contribution in [1.82, 2.24) is 0 Å². The van der Waals surface area contributed by atoms with Gasteiger partial charge in [0, 0.05) is 29.6 Å². The molecule has 8 saturated carbocycles. The summed E-state index contributed by atoms with van der Waals surface area (Å²) in [5.41, 5.74) is -3.44. The van der Waals surface area contributed by atoms with Crippen molar-refractivity contribution >= 4 is 5.97 Å².